The van der Waals surface area contributed by atoms with Gasteiger partial charge in [-0.3, -0.25) is 4.99 Å². The third-order valence-corrected chi connectivity index (χ3v) is 2.53. The Bertz CT molecular complexity index is 520. The predicted octanol–water partition coefficient (Wildman–Crippen LogP) is 4.10. The van der Waals surface area contributed by atoms with Crippen molar-refractivity contribution in [1.82, 2.24) is 0 Å². The SMILES string of the molecule is Fc1cccc(C=NCc2ccc(Cl)cc2)c1. The van der Waals surface area contributed by atoms with Gasteiger partial charge in [-0.2, -0.15) is 0 Å². The van der Waals surface area contributed by atoms with Crippen LogP contribution in [-0.4, -0.2) is 6.21 Å². The number of benzene rings is 2. The summed E-state index contributed by atoms with van der Waals surface area (Å²) < 4.78 is 12.9. The first-order valence-electron chi connectivity index (χ1n) is 5.24. The molecule has 0 N–H and O–H groups in total. The minimum Gasteiger partial charge on any atom is -0.288 e. The van der Waals surface area contributed by atoms with Gasteiger partial charge >= 0.3 is 0 Å². The van der Waals surface area contributed by atoms with E-state index < -0.39 is 0 Å². The molecule has 0 unspecified atom stereocenters. The van der Waals surface area contributed by atoms with E-state index in [9.17, 15) is 4.39 Å². The topological polar surface area (TPSA) is 12.4 Å². The Morgan fingerprint density at radius 3 is 2.59 bits per heavy atom. The summed E-state index contributed by atoms with van der Waals surface area (Å²) in [7, 11) is 0. The molecule has 0 saturated heterocycles. The van der Waals surface area contributed by atoms with Crippen molar-refractivity contribution in [2.45, 2.75) is 6.54 Å². The highest BCUT2D eigenvalue weighted by Crippen LogP contribution is 2.10. The molecular weight excluding hydrogens is 237 g/mol. The van der Waals surface area contributed by atoms with Crippen molar-refractivity contribution in [3.63, 3.8) is 0 Å². The minimum absolute atomic E-state index is 0.250. The molecule has 0 aliphatic heterocycles. The number of hydrogen-bond acceptors (Lipinski definition) is 1. The van der Waals surface area contributed by atoms with Gasteiger partial charge in [-0.25, -0.2) is 4.39 Å². The summed E-state index contributed by atoms with van der Waals surface area (Å²) in [6.07, 6.45) is 1.66. The molecule has 0 saturated carbocycles. The standard InChI is InChI=1S/C14H11ClFN/c15-13-6-4-11(5-7-13)9-17-10-12-2-1-3-14(16)8-12/h1-8,10H,9H2. The summed E-state index contributed by atoms with van der Waals surface area (Å²) in [5, 5.41) is 0.711. The first-order valence-corrected chi connectivity index (χ1v) is 5.62. The van der Waals surface area contributed by atoms with Crippen LogP contribution in [0.4, 0.5) is 4.39 Å². The van der Waals surface area contributed by atoms with Crippen LogP contribution in [-0.2, 0) is 6.54 Å². The van der Waals surface area contributed by atoms with E-state index in [0.29, 0.717) is 11.6 Å². The Morgan fingerprint density at radius 1 is 1.12 bits per heavy atom. The minimum atomic E-state index is -0.250. The average Bonchev–Trinajstić information content (AvgIpc) is 2.32. The van der Waals surface area contributed by atoms with Gasteiger partial charge in [0.1, 0.15) is 5.82 Å². The maximum Gasteiger partial charge on any atom is 0.123 e. The third kappa shape index (κ3) is 3.68. The van der Waals surface area contributed by atoms with Crippen molar-refractivity contribution in [2.24, 2.45) is 4.99 Å². The first-order chi connectivity index (χ1) is 8.24. The van der Waals surface area contributed by atoms with Crippen molar-refractivity contribution >= 4 is 17.8 Å². The second kappa shape index (κ2) is 5.60. The Morgan fingerprint density at radius 2 is 1.88 bits per heavy atom. The van der Waals surface area contributed by atoms with Crippen molar-refractivity contribution in [3.05, 3.63) is 70.5 Å². The van der Waals surface area contributed by atoms with Gasteiger partial charge in [-0.1, -0.05) is 35.9 Å². The highest BCUT2D eigenvalue weighted by atomic mass is 35.5. The van der Waals surface area contributed by atoms with Crippen LogP contribution in [0, 0.1) is 5.82 Å². The van der Waals surface area contributed by atoms with Gasteiger partial charge in [0.25, 0.3) is 0 Å². The maximum absolute atomic E-state index is 12.9. The summed E-state index contributed by atoms with van der Waals surface area (Å²) >= 11 is 5.78. The molecule has 0 amide bonds. The molecule has 2 rings (SSSR count). The molecule has 0 bridgehead atoms. The lowest BCUT2D eigenvalue weighted by Crippen LogP contribution is -1.85. The van der Waals surface area contributed by atoms with E-state index in [1.165, 1.54) is 12.1 Å². The van der Waals surface area contributed by atoms with Crippen LogP contribution >= 0.6 is 11.6 Å². The lowest BCUT2D eigenvalue weighted by molar-refractivity contribution is 0.627. The molecule has 1 nitrogen and oxygen atoms in total. The van der Waals surface area contributed by atoms with Gasteiger partial charge in [-0.05, 0) is 35.4 Å². The fourth-order valence-corrected chi connectivity index (χ4v) is 1.56. The summed E-state index contributed by atoms with van der Waals surface area (Å²) in [4.78, 5) is 4.25. The number of rotatable bonds is 3. The molecule has 0 aromatic heterocycles. The molecule has 3 heteroatoms. The van der Waals surface area contributed by atoms with Crippen molar-refractivity contribution in [3.8, 4) is 0 Å². The Labute approximate surface area is 105 Å². The Kier molecular flexibility index (Phi) is 3.89. The fraction of sp³-hybridized carbons (Fsp3) is 0.0714. The molecular formula is C14H11ClFN. The normalized spacial score (nSPS) is 10.9. The van der Waals surface area contributed by atoms with E-state index in [1.54, 1.807) is 12.3 Å². The third-order valence-electron chi connectivity index (χ3n) is 2.28. The van der Waals surface area contributed by atoms with Crippen LogP contribution < -0.4 is 0 Å². The average molecular weight is 248 g/mol. The molecule has 0 aliphatic rings. The fourth-order valence-electron chi connectivity index (χ4n) is 1.43. The second-order valence-corrected chi connectivity index (χ2v) is 4.09. The second-order valence-electron chi connectivity index (χ2n) is 3.65. The zero-order valence-electron chi connectivity index (χ0n) is 9.11. The monoisotopic (exact) mass is 247 g/mol. The highest BCUT2D eigenvalue weighted by Gasteiger charge is 1.92. The number of nitrogens with zero attached hydrogens (tertiary/aromatic N) is 1. The molecule has 17 heavy (non-hydrogen) atoms. The number of aliphatic imine (C=N–C) groups is 1. The van der Waals surface area contributed by atoms with Gasteiger partial charge in [0, 0.05) is 11.2 Å². The van der Waals surface area contributed by atoms with Crippen LogP contribution in [0.15, 0.2) is 53.5 Å². The number of halogens is 2. The highest BCUT2D eigenvalue weighted by molar-refractivity contribution is 6.30. The smallest absolute Gasteiger partial charge is 0.123 e. The maximum atomic E-state index is 12.9. The van der Waals surface area contributed by atoms with Gasteiger partial charge in [0.2, 0.25) is 0 Å². The summed E-state index contributed by atoms with van der Waals surface area (Å²) in [6.45, 7) is 0.563. The van der Waals surface area contributed by atoms with Gasteiger partial charge in [0.05, 0.1) is 6.54 Å². The van der Waals surface area contributed by atoms with Gasteiger partial charge in [-0.15, -0.1) is 0 Å². The van der Waals surface area contributed by atoms with Gasteiger partial charge in [0.15, 0.2) is 0 Å². The zero-order chi connectivity index (χ0) is 12.1. The van der Waals surface area contributed by atoms with E-state index in [1.807, 2.05) is 30.3 Å². The lowest BCUT2D eigenvalue weighted by atomic mass is 10.2. The van der Waals surface area contributed by atoms with E-state index in [2.05, 4.69) is 4.99 Å². The van der Waals surface area contributed by atoms with Crippen LogP contribution in [0.2, 0.25) is 5.02 Å². The summed E-state index contributed by atoms with van der Waals surface area (Å²) in [5.41, 5.74) is 1.83. The van der Waals surface area contributed by atoms with E-state index in [-0.39, 0.29) is 5.82 Å². The Balaban J connectivity index is 2.00. The first kappa shape index (κ1) is 11.8. The predicted molar refractivity (Wildman–Crippen MR) is 69.2 cm³/mol. The molecule has 0 radical (unpaired) electrons. The number of hydrogen-bond donors (Lipinski definition) is 0. The van der Waals surface area contributed by atoms with Crippen LogP contribution in [0.1, 0.15) is 11.1 Å². The Hall–Kier alpha value is -1.67. The van der Waals surface area contributed by atoms with Crippen LogP contribution in [0.25, 0.3) is 0 Å². The summed E-state index contributed by atoms with van der Waals surface area (Å²) in [5.74, 6) is -0.250. The van der Waals surface area contributed by atoms with Gasteiger partial charge < -0.3 is 0 Å². The van der Waals surface area contributed by atoms with E-state index >= 15 is 0 Å². The van der Waals surface area contributed by atoms with Crippen LogP contribution in [0.3, 0.4) is 0 Å². The molecule has 0 atom stereocenters. The molecule has 0 aliphatic carbocycles. The molecule has 0 heterocycles. The largest absolute Gasteiger partial charge is 0.288 e. The quantitative estimate of drug-likeness (QED) is 0.724. The molecule has 0 fully saturated rings. The molecule has 0 spiro atoms. The van der Waals surface area contributed by atoms with Crippen molar-refractivity contribution in [1.29, 1.82) is 0 Å². The van der Waals surface area contributed by atoms with E-state index in [4.69, 9.17) is 11.6 Å². The molecule has 86 valence electrons. The zero-order valence-corrected chi connectivity index (χ0v) is 9.86. The molecule has 2 aromatic rings. The summed E-state index contributed by atoms with van der Waals surface area (Å²) in [6, 6.07) is 13.8. The van der Waals surface area contributed by atoms with E-state index in [0.717, 1.165) is 11.1 Å². The van der Waals surface area contributed by atoms with Crippen molar-refractivity contribution in [2.75, 3.05) is 0 Å². The van der Waals surface area contributed by atoms with Crippen molar-refractivity contribution < 1.29 is 4.39 Å². The lowest BCUT2D eigenvalue weighted by Gasteiger charge is -1.97. The van der Waals surface area contributed by atoms with Crippen LogP contribution in [0.5, 0.6) is 0 Å². The molecule has 2 aromatic carbocycles.